The van der Waals surface area contributed by atoms with Crippen LogP contribution in [0.15, 0.2) is 41.9 Å². The molecule has 1 aliphatic rings. The lowest BCUT2D eigenvalue weighted by atomic mass is 9.92. The SMILES string of the molecule is COC(=O)C1=C(C)Nc2ncnn2C1c1ccccc1C(F)(F)F. The fraction of sp³-hybridized carbons (Fsp3) is 0.267. The molecule has 2 aromatic rings. The number of carbonyl (C=O) groups excluding carboxylic acids is 1. The van der Waals surface area contributed by atoms with Crippen molar-refractivity contribution < 1.29 is 22.7 Å². The molecule has 6 nitrogen and oxygen atoms in total. The largest absolute Gasteiger partial charge is 0.466 e. The molecule has 126 valence electrons. The maximum atomic E-state index is 13.4. The Labute approximate surface area is 134 Å². The first kappa shape index (κ1) is 16.0. The number of nitrogens with one attached hydrogen (secondary N) is 1. The molecule has 0 fully saturated rings. The summed E-state index contributed by atoms with van der Waals surface area (Å²) in [7, 11) is 1.17. The minimum Gasteiger partial charge on any atom is -0.466 e. The summed E-state index contributed by atoms with van der Waals surface area (Å²) in [4.78, 5) is 16.2. The molecule has 24 heavy (non-hydrogen) atoms. The third-order valence-corrected chi connectivity index (χ3v) is 3.76. The zero-order chi connectivity index (χ0) is 17.5. The molecule has 1 aromatic heterocycles. The van der Waals surface area contributed by atoms with E-state index in [0.717, 1.165) is 6.07 Å². The van der Waals surface area contributed by atoms with Crippen LogP contribution in [0.5, 0.6) is 0 Å². The number of esters is 1. The molecule has 2 heterocycles. The van der Waals surface area contributed by atoms with Crippen molar-refractivity contribution in [3.63, 3.8) is 0 Å². The van der Waals surface area contributed by atoms with Crippen molar-refractivity contribution in [1.82, 2.24) is 14.8 Å². The van der Waals surface area contributed by atoms with Gasteiger partial charge in [0.2, 0.25) is 5.95 Å². The molecule has 0 amide bonds. The Balaban J connectivity index is 2.27. The zero-order valence-electron chi connectivity index (χ0n) is 12.8. The van der Waals surface area contributed by atoms with E-state index in [1.165, 1.54) is 36.3 Å². The molecule has 0 spiro atoms. The average molecular weight is 338 g/mol. The van der Waals surface area contributed by atoms with Crippen LogP contribution in [0.2, 0.25) is 0 Å². The Morgan fingerprint density at radius 3 is 2.71 bits per heavy atom. The molecule has 3 rings (SSSR count). The Bertz CT molecular complexity index is 826. The van der Waals surface area contributed by atoms with Crippen LogP contribution in [0.25, 0.3) is 0 Å². The normalized spacial score (nSPS) is 17.3. The van der Waals surface area contributed by atoms with Gasteiger partial charge in [0.25, 0.3) is 0 Å². The molecule has 0 saturated carbocycles. The highest BCUT2D eigenvalue weighted by molar-refractivity contribution is 5.92. The summed E-state index contributed by atoms with van der Waals surface area (Å²) < 4.78 is 46.2. The molecule has 0 saturated heterocycles. The van der Waals surface area contributed by atoms with Crippen molar-refractivity contribution >= 4 is 11.9 Å². The van der Waals surface area contributed by atoms with Crippen molar-refractivity contribution in [3.05, 3.63) is 53.0 Å². The average Bonchev–Trinajstić information content (AvgIpc) is 2.99. The maximum Gasteiger partial charge on any atom is 0.416 e. The Morgan fingerprint density at radius 2 is 2.04 bits per heavy atom. The van der Waals surface area contributed by atoms with Crippen molar-refractivity contribution in [2.75, 3.05) is 12.4 Å². The lowest BCUT2D eigenvalue weighted by Gasteiger charge is -2.29. The van der Waals surface area contributed by atoms with Crippen LogP contribution in [0.4, 0.5) is 19.1 Å². The molecule has 1 atom stereocenters. The van der Waals surface area contributed by atoms with Crippen molar-refractivity contribution in [3.8, 4) is 0 Å². The fourth-order valence-corrected chi connectivity index (χ4v) is 2.75. The quantitative estimate of drug-likeness (QED) is 0.853. The molecule has 0 aliphatic carbocycles. The van der Waals surface area contributed by atoms with Gasteiger partial charge in [-0.25, -0.2) is 9.48 Å². The van der Waals surface area contributed by atoms with Gasteiger partial charge in [-0.1, -0.05) is 18.2 Å². The number of benzene rings is 1. The van der Waals surface area contributed by atoms with Crippen molar-refractivity contribution in [2.45, 2.75) is 19.1 Å². The van der Waals surface area contributed by atoms with Gasteiger partial charge in [0, 0.05) is 5.70 Å². The van der Waals surface area contributed by atoms with E-state index < -0.39 is 23.8 Å². The van der Waals surface area contributed by atoms with Gasteiger partial charge in [-0.2, -0.15) is 23.3 Å². The van der Waals surface area contributed by atoms with Gasteiger partial charge in [-0.3, -0.25) is 0 Å². The minimum absolute atomic E-state index is 0.0483. The number of hydrogen-bond acceptors (Lipinski definition) is 5. The topological polar surface area (TPSA) is 69.0 Å². The highest BCUT2D eigenvalue weighted by Crippen LogP contribution is 2.41. The number of hydrogen-bond donors (Lipinski definition) is 1. The predicted molar refractivity (Wildman–Crippen MR) is 77.9 cm³/mol. The molecular weight excluding hydrogens is 325 g/mol. The van der Waals surface area contributed by atoms with Gasteiger partial charge in [0.1, 0.15) is 12.4 Å². The van der Waals surface area contributed by atoms with E-state index in [2.05, 4.69) is 15.4 Å². The lowest BCUT2D eigenvalue weighted by molar-refractivity contribution is -0.140. The number of alkyl halides is 3. The number of allylic oxidation sites excluding steroid dienone is 1. The number of anilines is 1. The van der Waals surface area contributed by atoms with Crippen LogP contribution in [-0.2, 0) is 15.7 Å². The summed E-state index contributed by atoms with van der Waals surface area (Å²) in [6.07, 6.45) is -3.36. The van der Waals surface area contributed by atoms with E-state index in [1.807, 2.05) is 0 Å². The van der Waals surface area contributed by atoms with Crippen molar-refractivity contribution in [1.29, 1.82) is 0 Å². The molecule has 1 aromatic carbocycles. The summed E-state index contributed by atoms with van der Waals surface area (Å²) in [5, 5.41) is 6.82. The highest BCUT2D eigenvalue weighted by Gasteiger charge is 2.40. The van der Waals surface area contributed by atoms with Crippen LogP contribution >= 0.6 is 0 Å². The molecule has 0 bridgehead atoms. The fourth-order valence-electron chi connectivity index (χ4n) is 2.75. The Morgan fingerprint density at radius 1 is 1.33 bits per heavy atom. The summed E-state index contributed by atoms with van der Waals surface area (Å²) >= 11 is 0. The zero-order valence-corrected chi connectivity index (χ0v) is 12.8. The summed E-state index contributed by atoms with van der Waals surface area (Å²) in [5.74, 6) is -0.481. The van der Waals surface area contributed by atoms with Crippen molar-refractivity contribution in [2.24, 2.45) is 0 Å². The molecule has 1 unspecified atom stereocenters. The second-order valence-electron chi connectivity index (χ2n) is 5.17. The Hall–Kier alpha value is -2.84. The number of nitrogens with zero attached hydrogens (tertiary/aromatic N) is 3. The second-order valence-corrected chi connectivity index (χ2v) is 5.17. The molecule has 1 aliphatic heterocycles. The van der Waals surface area contributed by atoms with Crippen LogP contribution < -0.4 is 5.32 Å². The summed E-state index contributed by atoms with van der Waals surface area (Å²) in [5.41, 5.74) is -0.526. The highest BCUT2D eigenvalue weighted by atomic mass is 19.4. The van der Waals surface area contributed by atoms with E-state index in [9.17, 15) is 18.0 Å². The van der Waals surface area contributed by atoms with Crippen LogP contribution in [-0.4, -0.2) is 27.8 Å². The number of aromatic nitrogens is 3. The molecular formula is C15H13F3N4O2. The first-order valence-corrected chi connectivity index (χ1v) is 6.96. The third kappa shape index (κ3) is 2.51. The monoisotopic (exact) mass is 338 g/mol. The number of fused-ring (bicyclic) bond motifs is 1. The minimum atomic E-state index is -4.57. The summed E-state index contributed by atoms with van der Waals surface area (Å²) in [6, 6.07) is 3.98. The van der Waals surface area contributed by atoms with Crippen LogP contribution in [0.3, 0.4) is 0 Å². The summed E-state index contributed by atoms with van der Waals surface area (Å²) in [6.45, 7) is 1.58. The third-order valence-electron chi connectivity index (χ3n) is 3.76. The maximum absolute atomic E-state index is 13.4. The predicted octanol–water partition coefficient (Wildman–Crippen LogP) is 2.76. The lowest BCUT2D eigenvalue weighted by Crippen LogP contribution is -2.30. The van der Waals surface area contributed by atoms with E-state index in [4.69, 9.17) is 4.74 Å². The molecule has 1 N–H and O–H groups in total. The number of ether oxygens (including phenoxy) is 1. The number of rotatable bonds is 2. The second kappa shape index (κ2) is 5.66. The first-order valence-electron chi connectivity index (χ1n) is 6.96. The van der Waals surface area contributed by atoms with Gasteiger partial charge in [0.15, 0.2) is 0 Å². The number of halogens is 3. The van der Waals surface area contributed by atoms with Gasteiger partial charge >= 0.3 is 12.1 Å². The van der Waals surface area contributed by atoms with E-state index in [1.54, 1.807) is 6.92 Å². The van der Waals surface area contributed by atoms with E-state index in [0.29, 0.717) is 5.70 Å². The van der Waals surface area contributed by atoms with Gasteiger partial charge in [0.05, 0.1) is 18.2 Å². The van der Waals surface area contributed by atoms with Gasteiger partial charge in [-0.15, -0.1) is 0 Å². The van der Waals surface area contributed by atoms with E-state index >= 15 is 0 Å². The number of carbonyl (C=O) groups is 1. The Kier molecular flexibility index (Phi) is 3.78. The molecule has 9 heteroatoms. The van der Waals surface area contributed by atoms with Crippen LogP contribution in [0, 0.1) is 0 Å². The smallest absolute Gasteiger partial charge is 0.416 e. The van der Waals surface area contributed by atoms with E-state index in [-0.39, 0.29) is 17.1 Å². The van der Waals surface area contributed by atoms with Gasteiger partial charge in [-0.05, 0) is 18.6 Å². The van der Waals surface area contributed by atoms with Gasteiger partial charge < -0.3 is 10.1 Å². The molecule has 0 radical (unpaired) electrons. The van der Waals surface area contributed by atoms with Crippen LogP contribution in [0.1, 0.15) is 24.1 Å². The first-order chi connectivity index (χ1) is 11.3. The number of methoxy groups -OCH3 is 1. The standard InChI is InChI=1S/C15H13F3N4O2/c1-8-11(13(23)24-2)12(22-14(21-8)19-7-20-22)9-5-3-4-6-10(9)15(16,17)18/h3-7,12H,1-2H3,(H,19,20,21).